The van der Waals surface area contributed by atoms with Gasteiger partial charge in [-0.05, 0) is 25.0 Å². The van der Waals surface area contributed by atoms with Crippen LogP contribution < -0.4 is 14.8 Å². The number of aromatic nitrogens is 2. The van der Waals surface area contributed by atoms with Crippen LogP contribution in [-0.2, 0) is 17.8 Å². The summed E-state index contributed by atoms with van der Waals surface area (Å²) in [4.78, 5) is 12.3. The summed E-state index contributed by atoms with van der Waals surface area (Å²) in [6.07, 6.45) is 0.619. The van der Waals surface area contributed by atoms with Crippen molar-refractivity contribution in [1.29, 1.82) is 0 Å². The molecule has 2 heterocycles. The van der Waals surface area contributed by atoms with Gasteiger partial charge in [-0.2, -0.15) is 0 Å². The Morgan fingerprint density at radius 3 is 3.05 bits per heavy atom. The molecule has 0 saturated heterocycles. The average molecular weight is 303 g/mol. The second kappa shape index (κ2) is 6.05. The van der Waals surface area contributed by atoms with Gasteiger partial charge in [0.1, 0.15) is 18.0 Å². The van der Waals surface area contributed by atoms with Crippen molar-refractivity contribution in [2.24, 2.45) is 5.92 Å². The number of ether oxygens (including phenoxy) is 2. The molecule has 1 amide bonds. The second-order valence-corrected chi connectivity index (χ2v) is 5.17. The van der Waals surface area contributed by atoms with Gasteiger partial charge in [0.25, 0.3) is 0 Å². The zero-order valence-electron chi connectivity index (χ0n) is 12.5. The number of amides is 1. The van der Waals surface area contributed by atoms with Crippen LogP contribution in [0.4, 0.5) is 0 Å². The van der Waals surface area contributed by atoms with E-state index in [4.69, 9.17) is 9.47 Å². The summed E-state index contributed by atoms with van der Waals surface area (Å²) in [6, 6.07) is 5.69. The maximum atomic E-state index is 12.3. The molecule has 1 aliphatic heterocycles. The first-order valence-corrected chi connectivity index (χ1v) is 7.03. The van der Waals surface area contributed by atoms with Crippen molar-refractivity contribution in [2.75, 3.05) is 13.7 Å². The number of carbonyl (C=O) groups is 1. The Kier molecular flexibility index (Phi) is 3.95. The SMILES string of the molecule is COc1cccc2c1OC[C@@H](C(=O)NCc1nonc1C)C2. The fourth-order valence-electron chi connectivity index (χ4n) is 2.45. The first kappa shape index (κ1) is 14.4. The molecule has 0 bridgehead atoms. The number of carbonyl (C=O) groups excluding carboxylic acids is 1. The lowest BCUT2D eigenvalue weighted by molar-refractivity contribution is -0.126. The van der Waals surface area contributed by atoms with E-state index in [1.54, 1.807) is 14.0 Å². The normalized spacial score (nSPS) is 16.5. The summed E-state index contributed by atoms with van der Waals surface area (Å²) in [5.74, 6) is 1.11. The van der Waals surface area contributed by atoms with Crippen LogP contribution in [0.1, 0.15) is 17.0 Å². The van der Waals surface area contributed by atoms with Gasteiger partial charge in [-0.25, -0.2) is 4.63 Å². The number of rotatable bonds is 4. The number of fused-ring (bicyclic) bond motifs is 1. The number of nitrogens with zero attached hydrogens (tertiary/aromatic N) is 2. The van der Waals surface area contributed by atoms with Crippen LogP contribution in [0.3, 0.4) is 0 Å². The predicted octanol–water partition coefficient (Wildman–Crippen LogP) is 1.25. The molecule has 1 aliphatic rings. The molecule has 1 aromatic carbocycles. The predicted molar refractivity (Wildman–Crippen MR) is 76.6 cm³/mol. The Morgan fingerprint density at radius 2 is 2.32 bits per heavy atom. The molecule has 0 spiro atoms. The number of methoxy groups -OCH3 is 1. The van der Waals surface area contributed by atoms with Crippen LogP contribution in [0, 0.1) is 12.8 Å². The number of aryl methyl sites for hydroxylation is 1. The first-order valence-electron chi connectivity index (χ1n) is 7.03. The summed E-state index contributed by atoms with van der Waals surface area (Å²) in [5, 5.41) is 10.3. The van der Waals surface area contributed by atoms with Crippen molar-refractivity contribution < 1.29 is 18.9 Å². The molecule has 0 saturated carbocycles. The van der Waals surface area contributed by atoms with Gasteiger partial charge in [-0.15, -0.1) is 0 Å². The maximum Gasteiger partial charge on any atom is 0.227 e. The molecule has 0 fully saturated rings. The molecule has 1 atom stereocenters. The molecule has 0 aliphatic carbocycles. The van der Waals surface area contributed by atoms with E-state index in [9.17, 15) is 4.79 Å². The summed E-state index contributed by atoms with van der Waals surface area (Å²) in [5.41, 5.74) is 2.28. The van der Waals surface area contributed by atoms with Crippen molar-refractivity contribution in [2.45, 2.75) is 19.9 Å². The molecule has 7 heteroatoms. The largest absolute Gasteiger partial charge is 0.493 e. The van der Waals surface area contributed by atoms with Crippen LogP contribution in [0.15, 0.2) is 22.8 Å². The average Bonchev–Trinajstić information content (AvgIpc) is 2.96. The second-order valence-electron chi connectivity index (χ2n) is 5.17. The summed E-state index contributed by atoms with van der Waals surface area (Å²) >= 11 is 0. The van der Waals surface area contributed by atoms with Gasteiger partial charge < -0.3 is 14.8 Å². The third kappa shape index (κ3) is 2.74. The van der Waals surface area contributed by atoms with Gasteiger partial charge >= 0.3 is 0 Å². The van der Waals surface area contributed by atoms with E-state index in [0.717, 1.165) is 11.3 Å². The van der Waals surface area contributed by atoms with E-state index in [2.05, 4.69) is 20.3 Å². The van der Waals surface area contributed by atoms with Crippen molar-refractivity contribution in [3.63, 3.8) is 0 Å². The van der Waals surface area contributed by atoms with Crippen molar-refractivity contribution in [3.05, 3.63) is 35.2 Å². The third-order valence-corrected chi connectivity index (χ3v) is 3.72. The molecular weight excluding hydrogens is 286 g/mol. The minimum atomic E-state index is -0.236. The Hall–Kier alpha value is -2.57. The molecule has 116 valence electrons. The Bertz CT molecular complexity index is 683. The fourth-order valence-corrected chi connectivity index (χ4v) is 2.45. The number of hydrogen-bond donors (Lipinski definition) is 1. The standard InChI is InChI=1S/C15H17N3O4/c1-9-12(18-22-17-9)7-16-15(19)11-6-10-4-3-5-13(20-2)14(10)21-8-11/h3-5,11H,6-8H2,1-2H3,(H,16,19)/t11-/m0/s1. The van der Waals surface area contributed by atoms with Crippen LogP contribution in [0.2, 0.25) is 0 Å². The highest BCUT2D eigenvalue weighted by Crippen LogP contribution is 2.35. The zero-order valence-corrected chi connectivity index (χ0v) is 12.5. The Morgan fingerprint density at radius 1 is 1.45 bits per heavy atom. The molecule has 0 unspecified atom stereocenters. The lowest BCUT2D eigenvalue weighted by atomic mass is 9.95. The molecule has 1 N–H and O–H groups in total. The minimum Gasteiger partial charge on any atom is -0.493 e. The van der Waals surface area contributed by atoms with Crippen molar-refractivity contribution in [3.8, 4) is 11.5 Å². The number of para-hydroxylation sites is 1. The van der Waals surface area contributed by atoms with Gasteiger partial charge in [0.15, 0.2) is 11.5 Å². The highest BCUT2D eigenvalue weighted by atomic mass is 16.6. The monoisotopic (exact) mass is 303 g/mol. The molecule has 2 aromatic rings. The van der Waals surface area contributed by atoms with Crippen molar-refractivity contribution >= 4 is 5.91 Å². The Labute approximate surface area is 127 Å². The number of benzene rings is 1. The highest BCUT2D eigenvalue weighted by Gasteiger charge is 2.27. The van der Waals surface area contributed by atoms with Crippen LogP contribution >= 0.6 is 0 Å². The van der Waals surface area contributed by atoms with Crippen molar-refractivity contribution in [1.82, 2.24) is 15.6 Å². The maximum absolute atomic E-state index is 12.3. The van der Waals surface area contributed by atoms with Gasteiger partial charge in [0.05, 0.1) is 19.6 Å². The van der Waals surface area contributed by atoms with E-state index in [-0.39, 0.29) is 11.8 Å². The fraction of sp³-hybridized carbons (Fsp3) is 0.400. The molecule has 3 rings (SSSR count). The molecule has 22 heavy (non-hydrogen) atoms. The summed E-state index contributed by atoms with van der Waals surface area (Å²) in [7, 11) is 1.60. The first-order chi connectivity index (χ1) is 10.7. The molecule has 0 radical (unpaired) electrons. The summed E-state index contributed by atoms with van der Waals surface area (Å²) in [6.45, 7) is 2.41. The van der Waals surface area contributed by atoms with Crippen LogP contribution in [-0.4, -0.2) is 29.9 Å². The summed E-state index contributed by atoms with van der Waals surface area (Å²) < 4.78 is 15.6. The van der Waals surface area contributed by atoms with E-state index in [1.807, 2.05) is 18.2 Å². The van der Waals surface area contributed by atoms with Crippen LogP contribution in [0.5, 0.6) is 11.5 Å². The van der Waals surface area contributed by atoms with E-state index >= 15 is 0 Å². The third-order valence-electron chi connectivity index (χ3n) is 3.72. The van der Waals surface area contributed by atoms with Gasteiger partial charge in [-0.1, -0.05) is 22.4 Å². The lowest BCUT2D eigenvalue weighted by Gasteiger charge is -2.25. The topological polar surface area (TPSA) is 86.5 Å². The van der Waals surface area contributed by atoms with Crippen LogP contribution in [0.25, 0.3) is 0 Å². The molecular formula is C15H17N3O4. The van der Waals surface area contributed by atoms with Gasteiger partial charge in [-0.3, -0.25) is 4.79 Å². The van der Waals surface area contributed by atoms with E-state index in [0.29, 0.717) is 36.7 Å². The smallest absolute Gasteiger partial charge is 0.227 e. The molecule has 7 nitrogen and oxygen atoms in total. The van der Waals surface area contributed by atoms with Gasteiger partial charge in [0.2, 0.25) is 5.91 Å². The minimum absolute atomic E-state index is 0.0733. The number of nitrogens with one attached hydrogen (secondary N) is 1. The van der Waals surface area contributed by atoms with E-state index in [1.165, 1.54) is 0 Å². The van der Waals surface area contributed by atoms with E-state index < -0.39 is 0 Å². The Balaban J connectivity index is 1.64. The quantitative estimate of drug-likeness (QED) is 0.915. The lowest BCUT2D eigenvalue weighted by Crippen LogP contribution is -2.37. The van der Waals surface area contributed by atoms with Gasteiger partial charge in [0, 0.05) is 0 Å². The number of hydrogen-bond acceptors (Lipinski definition) is 6. The zero-order chi connectivity index (χ0) is 15.5. The molecule has 1 aromatic heterocycles. The highest BCUT2D eigenvalue weighted by molar-refractivity contribution is 5.79.